The molecule has 12 heteroatoms. The molecule has 0 aliphatic heterocycles. The van der Waals surface area contributed by atoms with Crippen molar-refractivity contribution in [2.75, 3.05) is 5.32 Å². The number of nitrogens with zero attached hydrogens (tertiary/aromatic N) is 7. The summed E-state index contributed by atoms with van der Waals surface area (Å²) in [4.78, 5) is 20.6. The molecule has 0 saturated carbocycles. The van der Waals surface area contributed by atoms with E-state index in [4.69, 9.17) is 0 Å². The van der Waals surface area contributed by atoms with Crippen LogP contribution in [0.5, 0.6) is 0 Å². The first-order valence-electron chi connectivity index (χ1n) is 11.0. The van der Waals surface area contributed by atoms with E-state index in [9.17, 15) is 18.0 Å². The first-order chi connectivity index (χ1) is 17.8. The Morgan fingerprint density at radius 2 is 1.95 bits per heavy atom. The SMILES string of the molecule is C\C=C/C=C(\C=C(/C)C(=O)Nc1ccc(-n2nc(-c3cccnc3)cc2C(F)(F)F)nn1)n1ccnc1. The summed E-state index contributed by atoms with van der Waals surface area (Å²) >= 11 is 0. The molecule has 4 aromatic heterocycles. The lowest BCUT2D eigenvalue weighted by Crippen LogP contribution is -2.17. The lowest BCUT2D eigenvalue weighted by Gasteiger charge is -2.10. The van der Waals surface area contributed by atoms with Gasteiger partial charge in [-0.3, -0.25) is 9.78 Å². The molecule has 0 bridgehead atoms. The van der Waals surface area contributed by atoms with Gasteiger partial charge in [0.25, 0.3) is 5.91 Å². The number of aromatic nitrogens is 7. The summed E-state index contributed by atoms with van der Waals surface area (Å²) in [5, 5.41) is 14.4. The third kappa shape index (κ3) is 6.04. The second-order valence-electron chi connectivity index (χ2n) is 7.71. The number of amides is 1. The van der Waals surface area contributed by atoms with Gasteiger partial charge in [0.05, 0.1) is 12.0 Å². The molecule has 1 N–H and O–H groups in total. The van der Waals surface area contributed by atoms with Gasteiger partial charge in [-0.05, 0) is 56.3 Å². The minimum Gasteiger partial charge on any atom is -0.306 e. The second-order valence-corrected chi connectivity index (χ2v) is 7.71. The predicted molar refractivity (Wildman–Crippen MR) is 131 cm³/mol. The summed E-state index contributed by atoms with van der Waals surface area (Å²) < 4.78 is 43.5. The largest absolute Gasteiger partial charge is 0.433 e. The van der Waals surface area contributed by atoms with Crippen molar-refractivity contribution in [1.29, 1.82) is 0 Å². The molecule has 4 rings (SSSR count). The average molecular weight is 506 g/mol. The van der Waals surface area contributed by atoms with Crippen molar-refractivity contribution >= 4 is 17.4 Å². The number of nitrogens with one attached hydrogen (secondary N) is 1. The standard InChI is InChI=1S/C25H21F3N8O/c1-3-4-7-19(35-12-11-30-16-35)13-17(2)24(37)31-22-8-9-23(33-32-22)36-21(25(26,27)28)14-20(34-36)18-6-5-10-29-15-18/h3-16H,1-2H3,(H,31,32,37)/b4-3-,17-13+,19-7+. The molecular formula is C25H21F3N8O. The third-order valence-corrected chi connectivity index (χ3v) is 5.05. The van der Waals surface area contributed by atoms with Crippen molar-refractivity contribution in [3.63, 3.8) is 0 Å². The Hall–Kier alpha value is -4.87. The maximum atomic E-state index is 13.7. The quantitative estimate of drug-likeness (QED) is 0.281. The normalized spacial score (nSPS) is 12.8. The number of hydrogen-bond acceptors (Lipinski definition) is 6. The number of carbonyl (C=O) groups is 1. The monoisotopic (exact) mass is 506 g/mol. The number of pyridine rings is 1. The molecule has 1 amide bonds. The van der Waals surface area contributed by atoms with Crippen LogP contribution in [-0.2, 0) is 11.0 Å². The smallest absolute Gasteiger partial charge is 0.306 e. The highest BCUT2D eigenvalue weighted by Gasteiger charge is 2.37. The number of carbonyl (C=O) groups excluding carboxylic acids is 1. The van der Waals surface area contributed by atoms with E-state index in [1.54, 1.807) is 48.4 Å². The minimum atomic E-state index is -4.68. The van der Waals surface area contributed by atoms with Crippen molar-refractivity contribution in [2.24, 2.45) is 0 Å². The highest BCUT2D eigenvalue weighted by Crippen LogP contribution is 2.33. The van der Waals surface area contributed by atoms with Crippen molar-refractivity contribution < 1.29 is 18.0 Å². The Bertz CT molecular complexity index is 1450. The van der Waals surface area contributed by atoms with Gasteiger partial charge < -0.3 is 9.88 Å². The molecule has 0 aliphatic carbocycles. The molecule has 37 heavy (non-hydrogen) atoms. The van der Waals surface area contributed by atoms with Crippen LogP contribution >= 0.6 is 0 Å². The highest BCUT2D eigenvalue weighted by molar-refractivity contribution is 6.03. The van der Waals surface area contributed by atoms with Crippen LogP contribution < -0.4 is 5.32 Å². The first kappa shape index (κ1) is 25.2. The number of rotatable bonds is 7. The van der Waals surface area contributed by atoms with E-state index in [0.717, 1.165) is 6.07 Å². The van der Waals surface area contributed by atoms with E-state index in [1.165, 1.54) is 24.5 Å². The number of halogens is 3. The Morgan fingerprint density at radius 3 is 2.57 bits per heavy atom. The fraction of sp³-hybridized carbons (Fsp3) is 0.120. The van der Waals surface area contributed by atoms with Gasteiger partial charge >= 0.3 is 6.18 Å². The number of hydrogen-bond donors (Lipinski definition) is 1. The van der Waals surface area contributed by atoms with Crippen LogP contribution in [0.4, 0.5) is 19.0 Å². The lowest BCUT2D eigenvalue weighted by atomic mass is 10.2. The molecule has 188 valence electrons. The summed E-state index contributed by atoms with van der Waals surface area (Å²) in [6, 6.07) is 6.77. The summed E-state index contributed by atoms with van der Waals surface area (Å²) in [6.07, 6.45) is 10.4. The zero-order valence-corrected chi connectivity index (χ0v) is 19.8. The van der Waals surface area contributed by atoms with E-state index in [-0.39, 0.29) is 17.3 Å². The van der Waals surface area contributed by atoms with Crippen LogP contribution in [-0.4, -0.2) is 40.4 Å². The van der Waals surface area contributed by atoms with Crippen LogP contribution in [0.1, 0.15) is 19.5 Å². The van der Waals surface area contributed by atoms with E-state index in [2.05, 4.69) is 30.6 Å². The van der Waals surface area contributed by atoms with Crippen LogP contribution in [0.2, 0.25) is 0 Å². The Balaban J connectivity index is 1.56. The third-order valence-electron chi connectivity index (χ3n) is 5.05. The van der Waals surface area contributed by atoms with Gasteiger partial charge in [0.2, 0.25) is 0 Å². The fourth-order valence-corrected chi connectivity index (χ4v) is 3.24. The number of imidazole rings is 1. The second kappa shape index (κ2) is 10.8. The summed E-state index contributed by atoms with van der Waals surface area (Å²) in [5.74, 6) is -0.553. The summed E-state index contributed by atoms with van der Waals surface area (Å²) in [5.41, 5.74) is 0.552. The van der Waals surface area contributed by atoms with Crippen molar-refractivity contribution in [3.05, 3.63) is 97.0 Å². The lowest BCUT2D eigenvalue weighted by molar-refractivity contribution is -0.142. The van der Waals surface area contributed by atoms with Gasteiger partial charge in [-0.2, -0.15) is 18.3 Å². The molecule has 9 nitrogen and oxygen atoms in total. The van der Waals surface area contributed by atoms with Crippen molar-refractivity contribution in [2.45, 2.75) is 20.0 Å². The minimum absolute atomic E-state index is 0.0660. The Labute approximate surface area is 209 Å². The van der Waals surface area contributed by atoms with E-state index < -0.39 is 17.8 Å². The molecule has 0 saturated heterocycles. The highest BCUT2D eigenvalue weighted by atomic mass is 19.4. The maximum Gasteiger partial charge on any atom is 0.433 e. The van der Waals surface area contributed by atoms with Gasteiger partial charge in [0.1, 0.15) is 0 Å². The zero-order valence-electron chi connectivity index (χ0n) is 19.8. The number of alkyl halides is 3. The first-order valence-corrected chi connectivity index (χ1v) is 11.0. The maximum absolute atomic E-state index is 13.7. The summed E-state index contributed by atoms with van der Waals surface area (Å²) in [6.45, 7) is 3.49. The molecule has 0 atom stereocenters. The van der Waals surface area contributed by atoms with Crippen LogP contribution in [0.3, 0.4) is 0 Å². The average Bonchev–Trinajstić information content (AvgIpc) is 3.58. The van der Waals surface area contributed by atoms with Gasteiger partial charge in [-0.1, -0.05) is 12.2 Å². The molecular weight excluding hydrogens is 485 g/mol. The van der Waals surface area contributed by atoms with E-state index in [0.29, 0.717) is 21.5 Å². The van der Waals surface area contributed by atoms with Gasteiger partial charge in [0.15, 0.2) is 17.3 Å². The van der Waals surface area contributed by atoms with Crippen LogP contribution in [0.25, 0.3) is 22.8 Å². The molecule has 0 spiro atoms. The zero-order chi connectivity index (χ0) is 26.4. The number of anilines is 1. The molecule has 4 heterocycles. The Morgan fingerprint density at radius 1 is 1.11 bits per heavy atom. The van der Waals surface area contributed by atoms with Crippen molar-refractivity contribution in [3.8, 4) is 17.1 Å². The number of allylic oxidation sites excluding steroid dienone is 5. The van der Waals surface area contributed by atoms with Gasteiger partial charge in [-0.25, -0.2) is 9.67 Å². The fourth-order valence-electron chi connectivity index (χ4n) is 3.24. The van der Waals surface area contributed by atoms with Gasteiger partial charge in [-0.15, -0.1) is 10.2 Å². The van der Waals surface area contributed by atoms with E-state index >= 15 is 0 Å². The van der Waals surface area contributed by atoms with Crippen LogP contribution in [0, 0.1) is 0 Å². The topological polar surface area (TPSA) is 103 Å². The molecule has 0 radical (unpaired) electrons. The predicted octanol–water partition coefficient (Wildman–Crippen LogP) is 4.94. The Kier molecular flexibility index (Phi) is 7.37. The molecule has 0 aromatic carbocycles. The molecule has 4 aromatic rings. The molecule has 0 unspecified atom stereocenters. The molecule has 0 aliphatic rings. The van der Waals surface area contributed by atoms with Crippen molar-refractivity contribution in [1.82, 2.24) is 34.5 Å². The molecule has 0 fully saturated rings. The van der Waals surface area contributed by atoms with Crippen LogP contribution in [0.15, 0.2) is 91.3 Å². The van der Waals surface area contributed by atoms with Gasteiger partial charge in [0, 0.05) is 41.6 Å². The summed E-state index contributed by atoms with van der Waals surface area (Å²) in [7, 11) is 0. The van der Waals surface area contributed by atoms with E-state index in [1.807, 2.05) is 25.2 Å².